The summed E-state index contributed by atoms with van der Waals surface area (Å²) in [6, 6.07) is 14.1. The van der Waals surface area contributed by atoms with Crippen LogP contribution >= 0.6 is 12.2 Å². The molecule has 0 aliphatic carbocycles. The zero-order valence-corrected chi connectivity index (χ0v) is 15.6. The van der Waals surface area contributed by atoms with E-state index >= 15 is 0 Å². The van der Waals surface area contributed by atoms with Crippen molar-refractivity contribution in [1.82, 2.24) is 5.32 Å². The molecule has 0 spiro atoms. The Labute approximate surface area is 158 Å². The first-order valence-electron chi connectivity index (χ1n) is 8.19. The summed E-state index contributed by atoms with van der Waals surface area (Å²) in [4.78, 5) is 12.2. The molecule has 2 rings (SSSR count). The maximum atomic E-state index is 12.2. The molecule has 0 aromatic heterocycles. The highest BCUT2D eigenvalue weighted by Gasteiger charge is 2.08. The van der Waals surface area contributed by atoms with Gasteiger partial charge in [0.2, 0.25) is 0 Å². The first kappa shape index (κ1) is 19.7. The summed E-state index contributed by atoms with van der Waals surface area (Å²) in [6.45, 7) is 3.59. The van der Waals surface area contributed by atoms with E-state index in [-0.39, 0.29) is 11.0 Å². The Morgan fingerprint density at radius 2 is 1.65 bits per heavy atom. The van der Waals surface area contributed by atoms with Gasteiger partial charge in [0.05, 0.1) is 13.7 Å². The summed E-state index contributed by atoms with van der Waals surface area (Å²) in [5, 5.41) is 5.81. The van der Waals surface area contributed by atoms with E-state index in [1.165, 1.54) is 0 Å². The summed E-state index contributed by atoms with van der Waals surface area (Å²) < 4.78 is 15.8. The van der Waals surface area contributed by atoms with E-state index in [1.807, 2.05) is 19.1 Å². The lowest BCUT2D eigenvalue weighted by Crippen LogP contribution is -2.34. The minimum absolute atomic E-state index is 0.220. The molecule has 1 amide bonds. The van der Waals surface area contributed by atoms with Gasteiger partial charge in [0, 0.05) is 17.9 Å². The Hall–Kier alpha value is -2.64. The van der Waals surface area contributed by atoms with E-state index in [9.17, 15) is 4.79 Å². The van der Waals surface area contributed by atoms with Crippen LogP contribution in [0.3, 0.4) is 0 Å². The highest BCUT2D eigenvalue weighted by Crippen LogP contribution is 2.15. The third-order valence-electron chi connectivity index (χ3n) is 3.39. The van der Waals surface area contributed by atoms with Gasteiger partial charge in [-0.05, 0) is 67.7 Å². The molecule has 0 aliphatic rings. The molecule has 0 fully saturated rings. The van der Waals surface area contributed by atoms with Crippen LogP contribution in [-0.4, -0.2) is 38.0 Å². The molecular formula is C19H22N2O4S. The second-order valence-corrected chi connectivity index (χ2v) is 5.61. The number of carbonyl (C=O) groups excluding carboxylic acids is 1. The predicted octanol–water partition coefficient (Wildman–Crippen LogP) is 3.24. The SMILES string of the molecule is CCOCCOc1ccc(C(=O)NC(=S)Nc2ccc(OC)cc2)cc1. The minimum Gasteiger partial charge on any atom is -0.497 e. The maximum Gasteiger partial charge on any atom is 0.257 e. The fourth-order valence-electron chi connectivity index (χ4n) is 2.08. The molecule has 7 heteroatoms. The van der Waals surface area contributed by atoms with Crippen LogP contribution in [0.15, 0.2) is 48.5 Å². The third-order valence-corrected chi connectivity index (χ3v) is 3.60. The fourth-order valence-corrected chi connectivity index (χ4v) is 2.29. The van der Waals surface area contributed by atoms with Gasteiger partial charge in [0.1, 0.15) is 18.1 Å². The van der Waals surface area contributed by atoms with Crippen molar-refractivity contribution < 1.29 is 19.0 Å². The molecule has 0 aliphatic heterocycles. The van der Waals surface area contributed by atoms with E-state index in [0.717, 1.165) is 11.4 Å². The molecule has 0 saturated heterocycles. The molecule has 0 saturated carbocycles. The zero-order valence-electron chi connectivity index (χ0n) is 14.8. The summed E-state index contributed by atoms with van der Waals surface area (Å²) in [6.07, 6.45) is 0. The zero-order chi connectivity index (χ0) is 18.8. The van der Waals surface area contributed by atoms with Gasteiger partial charge in [0.15, 0.2) is 5.11 Å². The molecule has 138 valence electrons. The van der Waals surface area contributed by atoms with Crippen molar-refractivity contribution in [2.24, 2.45) is 0 Å². The maximum absolute atomic E-state index is 12.2. The highest BCUT2D eigenvalue weighted by atomic mass is 32.1. The van der Waals surface area contributed by atoms with Crippen molar-refractivity contribution >= 4 is 28.9 Å². The Bertz CT molecular complexity index is 717. The van der Waals surface area contributed by atoms with Crippen LogP contribution in [0.25, 0.3) is 0 Å². The Morgan fingerprint density at radius 1 is 1.00 bits per heavy atom. The summed E-state index contributed by atoms with van der Waals surface area (Å²) in [5.41, 5.74) is 1.25. The normalized spacial score (nSPS) is 10.1. The van der Waals surface area contributed by atoms with Crippen LogP contribution < -0.4 is 20.1 Å². The first-order valence-corrected chi connectivity index (χ1v) is 8.60. The average molecular weight is 374 g/mol. The Morgan fingerprint density at radius 3 is 2.27 bits per heavy atom. The van der Waals surface area contributed by atoms with Gasteiger partial charge in [-0.25, -0.2) is 0 Å². The average Bonchev–Trinajstić information content (AvgIpc) is 2.66. The van der Waals surface area contributed by atoms with E-state index in [2.05, 4.69) is 10.6 Å². The molecule has 26 heavy (non-hydrogen) atoms. The lowest BCUT2D eigenvalue weighted by atomic mass is 10.2. The number of hydrogen-bond acceptors (Lipinski definition) is 5. The van der Waals surface area contributed by atoms with Crippen LogP contribution in [0.5, 0.6) is 11.5 Å². The quantitative estimate of drug-likeness (QED) is 0.546. The number of amides is 1. The molecule has 0 bridgehead atoms. The number of methoxy groups -OCH3 is 1. The van der Waals surface area contributed by atoms with Crippen LogP contribution in [0.4, 0.5) is 5.69 Å². The van der Waals surface area contributed by atoms with Crippen LogP contribution in [0.1, 0.15) is 17.3 Å². The lowest BCUT2D eigenvalue weighted by molar-refractivity contribution is 0.0977. The van der Waals surface area contributed by atoms with Crippen molar-refractivity contribution in [3.05, 3.63) is 54.1 Å². The van der Waals surface area contributed by atoms with Gasteiger partial charge in [-0.1, -0.05) is 0 Å². The van der Waals surface area contributed by atoms with Gasteiger partial charge >= 0.3 is 0 Å². The first-order chi connectivity index (χ1) is 12.6. The highest BCUT2D eigenvalue weighted by molar-refractivity contribution is 7.80. The van der Waals surface area contributed by atoms with Gasteiger partial charge in [-0.15, -0.1) is 0 Å². The number of hydrogen-bond donors (Lipinski definition) is 2. The van der Waals surface area contributed by atoms with Crippen molar-refractivity contribution in [1.29, 1.82) is 0 Å². The number of anilines is 1. The molecule has 6 nitrogen and oxygen atoms in total. The number of carbonyl (C=O) groups is 1. The molecule has 2 N–H and O–H groups in total. The second-order valence-electron chi connectivity index (χ2n) is 5.21. The van der Waals surface area contributed by atoms with Crippen molar-refractivity contribution in [2.45, 2.75) is 6.92 Å². The number of nitrogens with one attached hydrogen (secondary N) is 2. The van der Waals surface area contributed by atoms with Crippen molar-refractivity contribution in [3.8, 4) is 11.5 Å². The monoisotopic (exact) mass is 374 g/mol. The molecular weight excluding hydrogens is 352 g/mol. The molecule has 0 unspecified atom stereocenters. The number of benzene rings is 2. The molecule has 2 aromatic rings. The minimum atomic E-state index is -0.295. The van der Waals surface area contributed by atoms with Gasteiger partial charge in [-0.3, -0.25) is 10.1 Å². The summed E-state index contributed by atoms with van der Waals surface area (Å²) >= 11 is 5.17. The molecule has 0 atom stereocenters. The Balaban J connectivity index is 1.83. The van der Waals surface area contributed by atoms with E-state index in [4.69, 9.17) is 26.4 Å². The van der Waals surface area contributed by atoms with Crippen LogP contribution in [-0.2, 0) is 4.74 Å². The molecule has 0 radical (unpaired) electrons. The van der Waals surface area contributed by atoms with E-state index < -0.39 is 0 Å². The predicted molar refractivity (Wildman–Crippen MR) is 105 cm³/mol. The topological polar surface area (TPSA) is 68.8 Å². The second kappa shape index (κ2) is 10.4. The van der Waals surface area contributed by atoms with Crippen molar-refractivity contribution in [2.75, 3.05) is 32.2 Å². The van der Waals surface area contributed by atoms with Crippen LogP contribution in [0, 0.1) is 0 Å². The number of ether oxygens (including phenoxy) is 3. The van der Waals surface area contributed by atoms with E-state index in [0.29, 0.717) is 31.1 Å². The number of rotatable bonds is 8. The van der Waals surface area contributed by atoms with Gasteiger partial charge in [-0.2, -0.15) is 0 Å². The Kier molecular flexibility index (Phi) is 7.85. The largest absolute Gasteiger partial charge is 0.497 e. The van der Waals surface area contributed by atoms with Gasteiger partial charge in [0.25, 0.3) is 5.91 Å². The number of thiocarbonyl (C=S) groups is 1. The third kappa shape index (κ3) is 6.34. The summed E-state index contributed by atoms with van der Waals surface area (Å²) in [5.74, 6) is 1.13. The lowest BCUT2D eigenvalue weighted by Gasteiger charge is -2.11. The van der Waals surface area contributed by atoms with Crippen LogP contribution in [0.2, 0.25) is 0 Å². The fraction of sp³-hybridized carbons (Fsp3) is 0.263. The summed E-state index contributed by atoms with van der Waals surface area (Å²) in [7, 11) is 1.60. The van der Waals surface area contributed by atoms with Crippen molar-refractivity contribution in [3.63, 3.8) is 0 Å². The molecule has 0 heterocycles. The van der Waals surface area contributed by atoms with Gasteiger partial charge < -0.3 is 19.5 Å². The standard InChI is InChI=1S/C19H22N2O4S/c1-3-24-12-13-25-17-8-4-14(5-9-17)18(22)21-19(26)20-15-6-10-16(23-2)11-7-15/h4-11H,3,12-13H2,1-2H3,(H2,20,21,22,26). The smallest absolute Gasteiger partial charge is 0.257 e. The van der Waals surface area contributed by atoms with E-state index in [1.54, 1.807) is 43.5 Å². The molecule has 2 aromatic carbocycles.